The summed E-state index contributed by atoms with van der Waals surface area (Å²) in [5.41, 5.74) is 3.05. The number of carbonyl (C=O) groups excluding carboxylic acids is 1. The number of hydrogen-bond acceptors (Lipinski definition) is 3. The maximum Gasteiger partial charge on any atom is 0.242 e. The standard InChI is InChI=1S/C17H19N5O/c23-17(11-22-12-18-15-5-1-2-6-16(15)22)21-9-3-4-13(10-21)14-7-8-19-20-14/h1-2,5-8,12-13H,3-4,9-11H2,(H,19,20). The zero-order valence-corrected chi connectivity index (χ0v) is 12.9. The van der Waals surface area contributed by atoms with Gasteiger partial charge < -0.3 is 9.47 Å². The first kappa shape index (κ1) is 14.0. The third kappa shape index (κ3) is 2.72. The first-order chi connectivity index (χ1) is 11.3. The lowest BCUT2D eigenvalue weighted by atomic mass is 9.95. The average Bonchev–Trinajstić information content (AvgIpc) is 3.25. The van der Waals surface area contributed by atoms with E-state index in [2.05, 4.69) is 15.2 Å². The van der Waals surface area contributed by atoms with Crippen LogP contribution >= 0.6 is 0 Å². The molecule has 0 saturated carbocycles. The maximum absolute atomic E-state index is 12.7. The molecule has 1 amide bonds. The number of piperidine rings is 1. The lowest BCUT2D eigenvalue weighted by molar-refractivity contribution is -0.133. The van der Waals surface area contributed by atoms with Gasteiger partial charge in [0.1, 0.15) is 6.54 Å². The number of H-pyrrole nitrogens is 1. The van der Waals surface area contributed by atoms with Crippen LogP contribution in [0.15, 0.2) is 42.9 Å². The summed E-state index contributed by atoms with van der Waals surface area (Å²) in [5, 5.41) is 7.05. The van der Waals surface area contributed by atoms with E-state index in [1.807, 2.05) is 39.8 Å². The molecule has 1 aliphatic rings. The van der Waals surface area contributed by atoms with Crippen molar-refractivity contribution in [3.8, 4) is 0 Å². The predicted molar refractivity (Wildman–Crippen MR) is 86.9 cm³/mol. The van der Waals surface area contributed by atoms with E-state index in [1.54, 1.807) is 12.5 Å². The van der Waals surface area contributed by atoms with Crippen LogP contribution in [0.25, 0.3) is 11.0 Å². The van der Waals surface area contributed by atoms with Gasteiger partial charge in [0.05, 0.1) is 17.4 Å². The van der Waals surface area contributed by atoms with Crippen molar-refractivity contribution in [3.63, 3.8) is 0 Å². The quantitative estimate of drug-likeness (QED) is 0.806. The number of amides is 1. The molecule has 1 aromatic carbocycles. The number of benzene rings is 1. The Labute approximate surface area is 134 Å². The lowest BCUT2D eigenvalue weighted by Gasteiger charge is -2.32. The van der Waals surface area contributed by atoms with Gasteiger partial charge in [-0.25, -0.2) is 4.98 Å². The summed E-state index contributed by atoms with van der Waals surface area (Å²) >= 11 is 0. The molecule has 1 saturated heterocycles. The van der Waals surface area contributed by atoms with Crippen molar-refractivity contribution in [1.29, 1.82) is 0 Å². The van der Waals surface area contributed by atoms with Gasteiger partial charge in [0.15, 0.2) is 0 Å². The van der Waals surface area contributed by atoms with Crippen molar-refractivity contribution >= 4 is 16.9 Å². The van der Waals surface area contributed by atoms with Crippen molar-refractivity contribution in [2.45, 2.75) is 25.3 Å². The number of aromatic amines is 1. The Morgan fingerprint density at radius 3 is 3.09 bits per heavy atom. The van der Waals surface area contributed by atoms with Gasteiger partial charge in [-0.05, 0) is 31.0 Å². The normalized spacial score (nSPS) is 18.4. The monoisotopic (exact) mass is 309 g/mol. The molecule has 1 N–H and O–H groups in total. The van der Waals surface area contributed by atoms with Crippen LogP contribution in [0.3, 0.4) is 0 Å². The molecule has 6 nitrogen and oxygen atoms in total. The van der Waals surface area contributed by atoms with Gasteiger partial charge in [-0.3, -0.25) is 9.89 Å². The van der Waals surface area contributed by atoms with Crippen LogP contribution < -0.4 is 0 Å². The van der Waals surface area contributed by atoms with E-state index in [-0.39, 0.29) is 5.91 Å². The Morgan fingerprint density at radius 2 is 2.22 bits per heavy atom. The van der Waals surface area contributed by atoms with E-state index in [0.29, 0.717) is 12.5 Å². The average molecular weight is 309 g/mol. The van der Waals surface area contributed by atoms with Crippen molar-refractivity contribution in [3.05, 3.63) is 48.5 Å². The molecule has 6 heteroatoms. The number of para-hydroxylation sites is 2. The van der Waals surface area contributed by atoms with Gasteiger partial charge in [0, 0.05) is 30.9 Å². The molecule has 23 heavy (non-hydrogen) atoms. The van der Waals surface area contributed by atoms with E-state index in [1.165, 1.54) is 0 Å². The van der Waals surface area contributed by atoms with E-state index in [0.717, 1.165) is 42.7 Å². The second-order valence-corrected chi connectivity index (χ2v) is 6.05. The number of aromatic nitrogens is 4. The molecular weight excluding hydrogens is 290 g/mol. The fourth-order valence-electron chi connectivity index (χ4n) is 3.33. The van der Waals surface area contributed by atoms with E-state index >= 15 is 0 Å². The van der Waals surface area contributed by atoms with Gasteiger partial charge in [0.25, 0.3) is 0 Å². The summed E-state index contributed by atoms with van der Waals surface area (Å²) in [6.45, 7) is 1.93. The van der Waals surface area contributed by atoms with Crippen LogP contribution in [0.4, 0.5) is 0 Å². The number of rotatable bonds is 3. The Hall–Kier alpha value is -2.63. The van der Waals surface area contributed by atoms with Crippen molar-refractivity contribution < 1.29 is 4.79 Å². The summed E-state index contributed by atoms with van der Waals surface area (Å²) in [6.07, 6.45) is 5.65. The highest BCUT2D eigenvalue weighted by Gasteiger charge is 2.25. The summed E-state index contributed by atoms with van der Waals surface area (Å²) < 4.78 is 1.93. The van der Waals surface area contributed by atoms with Crippen molar-refractivity contribution in [2.24, 2.45) is 0 Å². The minimum Gasteiger partial charge on any atom is -0.340 e. The first-order valence-corrected chi connectivity index (χ1v) is 7.98. The topological polar surface area (TPSA) is 66.8 Å². The van der Waals surface area contributed by atoms with Gasteiger partial charge in [-0.1, -0.05) is 12.1 Å². The second kappa shape index (κ2) is 5.87. The summed E-state index contributed by atoms with van der Waals surface area (Å²) in [7, 11) is 0. The van der Waals surface area contributed by atoms with Gasteiger partial charge in [0.2, 0.25) is 5.91 Å². The molecule has 1 unspecified atom stereocenters. The van der Waals surface area contributed by atoms with Crippen LogP contribution in [-0.4, -0.2) is 43.6 Å². The highest BCUT2D eigenvalue weighted by molar-refractivity contribution is 5.80. The summed E-state index contributed by atoms with van der Waals surface area (Å²) in [4.78, 5) is 19.0. The predicted octanol–water partition coefficient (Wildman–Crippen LogP) is 2.17. The Balaban J connectivity index is 1.48. The molecule has 3 heterocycles. The zero-order valence-electron chi connectivity index (χ0n) is 12.9. The van der Waals surface area contributed by atoms with Crippen LogP contribution in [-0.2, 0) is 11.3 Å². The van der Waals surface area contributed by atoms with Gasteiger partial charge in [-0.2, -0.15) is 5.10 Å². The Kier molecular flexibility index (Phi) is 3.57. The summed E-state index contributed by atoms with van der Waals surface area (Å²) in [5.74, 6) is 0.507. The van der Waals surface area contributed by atoms with Gasteiger partial charge in [-0.15, -0.1) is 0 Å². The first-order valence-electron chi connectivity index (χ1n) is 7.98. The molecular formula is C17H19N5O. The molecule has 4 rings (SSSR count). The van der Waals surface area contributed by atoms with Crippen LogP contribution in [0.5, 0.6) is 0 Å². The maximum atomic E-state index is 12.7. The molecule has 3 aromatic rings. The van der Waals surface area contributed by atoms with E-state index < -0.39 is 0 Å². The molecule has 0 bridgehead atoms. The highest BCUT2D eigenvalue weighted by Crippen LogP contribution is 2.25. The van der Waals surface area contributed by atoms with Crippen LogP contribution in [0.1, 0.15) is 24.5 Å². The van der Waals surface area contributed by atoms with Crippen molar-refractivity contribution in [1.82, 2.24) is 24.6 Å². The third-order valence-electron chi connectivity index (χ3n) is 4.57. The number of fused-ring (bicyclic) bond motifs is 1. The number of imidazole rings is 1. The van der Waals surface area contributed by atoms with Gasteiger partial charge >= 0.3 is 0 Å². The molecule has 1 fully saturated rings. The Morgan fingerprint density at radius 1 is 1.30 bits per heavy atom. The SMILES string of the molecule is O=C(Cn1cnc2ccccc21)N1CCCC(c2ccn[nH]2)C1. The molecule has 0 aliphatic carbocycles. The molecule has 0 radical (unpaired) electrons. The largest absolute Gasteiger partial charge is 0.340 e. The smallest absolute Gasteiger partial charge is 0.242 e. The summed E-state index contributed by atoms with van der Waals surface area (Å²) in [6, 6.07) is 9.90. The van der Waals surface area contributed by atoms with E-state index in [9.17, 15) is 4.79 Å². The second-order valence-electron chi connectivity index (χ2n) is 6.05. The van der Waals surface area contributed by atoms with Crippen LogP contribution in [0.2, 0.25) is 0 Å². The number of nitrogens with one attached hydrogen (secondary N) is 1. The number of hydrogen-bond donors (Lipinski definition) is 1. The number of carbonyl (C=O) groups is 1. The van der Waals surface area contributed by atoms with Crippen molar-refractivity contribution in [2.75, 3.05) is 13.1 Å². The molecule has 2 aromatic heterocycles. The fourth-order valence-corrected chi connectivity index (χ4v) is 3.33. The third-order valence-corrected chi connectivity index (χ3v) is 4.57. The molecule has 1 atom stereocenters. The number of likely N-dealkylation sites (tertiary alicyclic amines) is 1. The lowest BCUT2D eigenvalue weighted by Crippen LogP contribution is -2.40. The zero-order chi connectivity index (χ0) is 15.6. The fraction of sp³-hybridized carbons (Fsp3) is 0.353. The van der Waals surface area contributed by atoms with Crippen LogP contribution in [0, 0.1) is 0 Å². The molecule has 118 valence electrons. The Bertz CT molecular complexity index is 807. The molecule has 1 aliphatic heterocycles. The number of nitrogens with zero attached hydrogens (tertiary/aromatic N) is 4. The minimum absolute atomic E-state index is 0.150. The highest BCUT2D eigenvalue weighted by atomic mass is 16.2. The minimum atomic E-state index is 0.150. The molecule has 0 spiro atoms. The van der Waals surface area contributed by atoms with E-state index in [4.69, 9.17) is 0 Å².